The van der Waals surface area contributed by atoms with Crippen LogP contribution in [0.25, 0.3) is 0 Å². The van der Waals surface area contributed by atoms with Gasteiger partial charge in [0.2, 0.25) is 15.9 Å². The molecule has 1 fully saturated rings. The molecule has 10 heteroatoms. The Kier molecular flexibility index (Phi) is 9.73. The first-order chi connectivity index (χ1) is 14.2. The molecule has 0 aliphatic carbocycles. The van der Waals surface area contributed by atoms with Crippen molar-refractivity contribution in [3.8, 4) is 0 Å². The maximum absolute atomic E-state index is 11.9. The highest BCUT2D eigenvalue weighted by Gasteiger charge is 2.30. The molecule has 1 aromatic rings. The van der Waals surface area contributed by atoms with Crippen LogP contribution in [0.5, 0.6) is 0 Å². The number of aliphatic hydroxyl groups excluding tert-OH is 1. The van der Waals surface area contributed by atoms with Gasteiger partial charge in [0.1, 0.15) is 0 Å². The quantitative estimate of drug-likeness (QED) is 0.388. The maximum Gasteiger partial charge on any atom is 0.274 e. The Hall–Kier alpha value is -1.49. The van der Waals surface area contributed by atoms with E-state index >= 15 is 0 Å². The molecule has 0 spiro atoms. The van der Waals surface area contributed by atoms with Crippen molar-refractivity contribution >= 4 is 33.2 Å². The highest BCUT2D eigenvalue weighted by atomic mass is 32.2. The molecule has 2 rings (SSSR count). The van der Waals surface area contributed by atoms with E-state index in [2.05, 4.69) is 12.2 Å². The molecule has 0 bridgehead atoms. The molecule has 30 heavy (non-hydrogen) atoms. The van der Waals surface area contributed by atoms with Gasteiger partial charge in [-0.2, -0.15) is 0 Å². The molecule has 1 aliphatic rings. The molecular weight excluding hydrogens is 428 g/mol. The standard InChI is InChI=1S/C20H32N2O6S2/c1-3-4-5-6-14(23)7-10-17(16-9-12-19(24)21-16)28-13-15-8-11-18(29-15)20(25)22-30(2,26)27/h8,11,14,16-17,23H,3-7,9-10,12-13H2,1-2H3,(H,21,24)(H,22,25). The van der Waals surface area contributed by atoms with Crippen LogP contribution < -0.4 is 10.0 Å². The summed E-state index contributed by atoms with van der Waals surface area (Å²) in [5.74, 6) is -0.656. The minimum absolute atomic E-state index is 0.00736. The predicted octanol–water partition coefficient (Wildman–Crippen LogP) is 2.32. The zero-order chi connectivity index (χ0) is 22.1. The largest absolute Gasteiger partial charge is 0.393 e. The van der Waals surface area contributed by atoms with Gasteiger partial charge in [-0.3, -0.25) is 9.59 Å². The van der Waals surface area contributed by atoms with Gasteiger partial charge in [0, 0.05) is 11.3 Å². The molecule has 3 N–H and O–H groups in total. The summed E-state index contributed by atoms with van der Waals surface area (Å²) in [5.41, 5.74) is 0. The van der Waals surface area contributed by atoms with Crippen LogP contribution in [0.15, 0.2) is 12.1 Å². The van der Waals surface area contributed by atoms with Crippen LogP contribution in [-0.4, -0.2) is 49.8 Å². The van der Waals surface area contributed by atoms with Crippen LogP contribution in [0, 0.1) is 0 Å². The minimum atomic E-state index is -3.62. The van der Waals surface area contributed by atoms with E-state index in [1.54, 1.807) is 12.1 Å². The van der Waals surface area contributed by atoms with E-state index in [0.29, 0.717) is 25.7 Å². The first kappa shape index (κ1) is 24.8. The molecule has 1 aliphatic heterocycles. The molecule has 3 unspecified atom stereocenters. The van der Waals surface area contributed by atoms with E-state index in [0.717, 1.165) is 36.8 Å². The molecule has 8 nitrogen and oxygen atoms in total. The van der Waals surface area contributed by atoms with Crippen LogP contribution >= 0.6 is 11.3 Å². The van der Waals surface area contributed by atoms with Crippen LogP contribution in [0.2, 0.25) is 0 Å². The van der Waals surface area contributed by atoms with Crippen molar-refractivity contribution in [1.82, 2.24) is 10.0 Å². The summed E-state index contributed by atoms with van der Waals surface area (Å²) < 4.78 is 30.4. The number of aliphatic hydroxyl groups is 1. The second kappa shape index (κ2) is 11.8. The molecule has 2 amide bonds. The first-order valence-electron chi connectivity index (χ1n) is 10.4. The molecule has 2 heterocycles. The summed E-state index contributed by atoms with van der Waals surface area (Å²) in [4.78, 5) is 24.6. The zero-order valence-electron chi connectivity index (χ0n) is 17.6. The van der Waals surface area contributed by atoms with Crippen molar-refractivity contribution in [1.29, 1.82) is 0 Å². The van der Waals surface area contributed by atoms with Crippen molar-refractivity contribution in [2.45, 2.75) is 83.1 Å². The number of carbonyl (C=O) groups excluding carboxylic acids is 2. The molecular formula is C20H32N2O6S2. The summed E-state index contributed by atoms with van der Waals surface area (Å²) >= 11 is 1.17. The SMILES string of the molecule is CCCCCC(O)CCC(OCc1ccc(C(=O)NS(C)(=O)=O)s1)C1CCC(=O)N1. The number of thiophene rings is 1. The normalized spacial score (nSPS) is 18.8. The topological polar surface area (TPSA) is 122 Å². The molecule has 1 aromatic heterocycles. The van der Waals surface area contributed by atoms with Gasteiger partial charge in [-0.15, -0.1) is 11.3 Å². The number of ether oxygens (including phenoxy) is 1. The molecule has 0 radical (unpaired) electrons. The third-order valence-electron chi connectivity index (χ3n) is 5.01. The number of unbranched alkanes of at least 4 members (excludes halogenated alkanes) is 2. The number of carbonyl (C=O) groups is 2. The van der Waals surface area contributed by atoms with Crippen molar-refractivity contribution in [2.24, 2.45) is 0 Å². The number of nitrogens with one attached hydrogen (secondary N) is 2. The van der Waals surface area contributed by atoms with Gasteiger partial charge in [0.05, 0.1) is 36.0 Å². The zero-order valence-corrected chi connectivity index (χ0v) is 19.2. The summed E-state index contributed by atoms with van der Waals surface area (Å²) in [6.45, 7) is 2.37. The fraction of sp³-hybridized carbons (Fsp3) is 0.700. The van der Waals surface area contributed by atoms with Crippen molar-refractivity contribution in [3.05, 3.63) is 21.9 Å². The lowest BCUT2D eigenvalue weighted by molar-refractivity contribution is -0.120. The molecule has 0 aromatic carbocycles. The summed E-state index contributed by atoms with van der Waals surface area (Å²) in [6.07, 6.45) is 6.69. The smallest absolute Gasteiger partial charge is 0.274 e. The van der Waals surface area contributed by atoms with Gasteiger partial charge in [-0.05, 0) is 37.8 Å². The van der Waals surface area contributed by atoms with E-state index in [9.17, 15) is 23.1 Å². The fourth-order valence-electron chi connectivity index (χ4n) is 3.43. The monoisotopic (exact) mass is 460 g/mol. The second-order valence-electron chi connectivity index (χ2n) is 7.76. The fourth-order valence-corrected chi connectivity index (χ4v) is 4.77. The number of hydrogen-bond donors (Lipinski definition) is 3. The van der Waals surface area contributed by atoms with E-state index < -0.39 is 15.9 Å². The third kappa shape index (κ3) is 8.71. The molecule has 3 atom stereocenters. The lowest BCUT2D eigenvalue weighted by Gasteiger charge is -2.25. The lowest BCUT2D eigenvalue weighted by Crippen LogP contribution is -2.38. The summed E-state index contributed by atoms with van der Waals surface area (Å²) in [6, 6.07) is 3.20. The number of sulfonamides is 1. The van der Waals surface area contributed by atoms with E-state index in [-0.39, 0.29) is 35.6 Å². The maximum atomic E-state index is 11.9. The highest BCUT2D eigenvalue weighted by Crippen LogP contribution is 2.23. The average molecular weight is 461 g/mol. The van der Waals surface area contributed by atoms with Crippen LogP contribution in [0.4, 0.5) is 0 Å². The van der Waals surface area contributed by atoms with Gasteiger partial charge in [0.25, 0.3) is 5.91 Å². The van der Waals surface area contributed by atoms with Gasteiger partial charge in [0.15, 0.2) is 0 Å². The Morgan fingerprint density at radius 3 is 2.73 bits per heavy atom. The third-order valence-corrected chi connectivity index (χ3v) is 6.62. The van der Waals surface area contributed by atoms with Crippen molar-refractivity contribution in [3.63, 3.8) is 0 Å². The van der Waals surface area contributed by atoms with Crippen LogP contribution in [0.3, 0.4) is 0 Å². The van der Waals surface area contributed by atoms with E-state index in [1.807, 2.05) is 4.72 Å². The summed E-state index contributed by atoms with van der Waals surface area (Å²) in [7, 11) is -3.62. The summed E-state index contributed by atoms with van der Waals surface area (Å²) in [5, 5.41) is 13.2. The van der Waals surface area contributed by atoms with Crippen LogP contribution in [-0.2, 0) is 26.2 Å². The average Bonchev–Trinajstić information content (AvgIpc) is 3.30. The van der Waals surface area contributed by atoms with Crippen LogP contribution in [0.1, 0.15) is 72.8 Å². The van der Waals surface area contributed by atoms with E-state index in [1.165, 1.54) is 11.3 Å². The molecule has 170 valence electrons. The first-order valence-corrected chi connectivity index (χ1v) is 13.1. The van der Waals surface area contributed by atoms with Gasteiger partial charge in [-0.25, -0.2) is 13.1 Å². The Balaban J connectivity index is 1.91. The van der Waals surface area contributed by atoms with Crippen molar-refractivity contribution in [2.75, 3.05) is 6.26 Å². The minimum Gasteiger partial charge on any atom is -0.393 e. The van der Waals surface area contributed by atoms with Gasteiger partial charge >= 0.3 is 0 Å². The second-order valence-corrected chi connectivity index (χ2v) is 10.7. The Morgan fingerprint density at radius 1 is 1.33 bits per heavy atom. The Bertz CT molecular complexity index is 808. The molecule has 0 saturated carbocycles. The Labute approximate surface area is 182 Å². The van der Waals surface area contributed by atoms with Crippen molar-refractivity contribution < 1.29 is 27.9 Å². The number of rotatable bonds is 13. The lowest BCUT2D eigenvalue weighted by atomic mass is 9.99. The van der Waals surface area contributed by atoms with Gasteiger partial charge in [-0.1, -0.05) is 26.2 Å². The number of amides is 2. The highest BCUT2D eigenvalue weighted by molar-refractivity contribution is 7.89. The Morgan fingerprint density at radius 2 is 2.10 bits per heavy atom. The number of hydrogen-bond acceptors (Lipinski definition) is 7. The predicted molar refractivity (Wildman–Crippen MR) is 116 cm³/mol. The van der Waals surface area contributed by atoms with Gasteiger partial charge < -0.3 is 15.2 Å². The molecule has 1 saturated heterocycles. The van der Waals surface area contributed by atoms with E-state index in [4.69, 9.17) is 4.74 Å².